The summed E-state index contributed by atoms with van der Waals surface area (Å²) >= 11 is 11.9. The monoisotopic (exact) mass is 516 g/mol. The van der Waals surface area contributed by atoms with Crippen LogP contribution in [0.3, 0.4) is 0 Å². The van der Waals surface area contributed by atoms with Crippen molar-refractivity contribution in [2.45, 2.75) is 44.1 Å². The summed E-state index contributed by atoms with van der Waals surface area (Å²) in [6, 6.07) is 7.96. The molecule has 1 aromatic carbocycles. The highest BCUT2D eigenvalue weighted by Gasteiger charge is 2.34. The molecule has 0 saturated carbocycles. The first-order chi connectivity index (χ1) is 16.9. The van der Waals surface area contributed by atoms with Crippen molar-refractivity contribution in [2.24, 2.45) is 0 Å². The SMILES string of the molecule is O=C1CC(C(=O)N[C@@H]2CC[C@@H](C(=O)NCc3cn4ccc(Cl)cc4n3)OC2)Oc2ccc(Cl)cc21. The van der Waals surface area contributed by atoms with Crippen LogP contribution in [-0.2, 0) is 20.9 Å². The molecule has 3 atom stereocenters. The summed E-state index contributed by atoms with van der Waals surface area (Å²) in [5.74, 6) is -0.473. The number of carbonyl (C=O) groups is 3. The van der Waals surface area contributed by atoms with E-state index in [1.54, 1.807) is 30.5 Å². The van der Waals surface area contributed by atoms with Crippen LogP contribution >= 0.6 is 23.2 Å². The number of ether oxygens (including phenoxy) is 2. The highest BCUT2D eigenvalue weighted by molar-refractivity contribution is 6.31. The van der Waals surface area contributed by atoms with Crippen LogP contribution in [0.1, 0.15) is 35.3 Å². The zero-order valence-corrected chi connectivity index (χ0v) is 20.0. The topological polar surface area (TPSA) is 111 Å². The maximum atomic E-state index is 12.7. The van der Waals surface area contributed by atoms with E-state index in [1.807, 2.05) is 10.6 Å². The van der Waals surface area contributed by atoms with Crippen LogP contribution in [0.25, 0.3) is 5.65 Å². The summed E-state index contributed by atoms with van der Waals surface area (Å²) in [7, 11) is 0. The van der Waals surface area contributed by atoms with E-state index in [0.717, 1.165) is 0 Å². The summed E-state index contributed by atoms with van der Waals surface area (Å²) in [6.07, 6.45) is 3.04. The van der Waals surface area contributed by atoms with Gasteiger partial charge < -0.3 is 24.5 Å². The van der Waals surface area contributed by atoms with Crippen LogP contribution in [0, 0.1) is 0 Å². The quantitative estimate of drug-likeness (QED) is 0.539. The average Bonchev–Trinajstić information content (AvgIpc) is 3.25. The van der Waals surface area contributed by atoms with E-state index in [9.17, 15) is 14.4 Å². The zero-order valence-electron chi connectivity index (χ0n) is 18.5. The standard InChI is InChI=1S/C24H22Cl2N4O5/c25-13-1-3-19-17(7-13)18(31)9-21(35-19)24(33)29-15-2-4-20(34-12-15)23(32)27-10-16-11-30-6-5-14(26)8-22(30)28-16/h1,3,5-8,11,15,20-21H,2,4,9-10,12H2,(H,27,32)(H,29,33)/t15-,20+,21?/m1/s1. The van der Waals surface area contributed by atoms with E-state index in [4.69, 9.17) is 32.7 Å². The minimum atomic E-state index is -0.919. The number of fused-ring (bicyclic) bond motifs is 2. The molecule has 0 bridgehead atoms. The largest absolute Gasteiger partial charge is 0.479 e. The highest BCUT2D eigenvalue weighted by atomic mass is 35.5. The van der Waals surface area contributed by atoms with Crippen molar-refractivity contribution in [3.8, 4) is 5.75 Å². The van der Waals surface area contributed by atoms with Crippen molar-refractivity contribution < 1.29 is 23.9 Å². The van der Waals surface area contributed by atoms with Crippen LogP contribution < -0.4 is 15.4 Å². The number of hydrogen-bond donors (Lipinski definition) is 2. The average molecular weight is 517 g/mol. The number of Topliss-reactive ketones (excluding diaryl/α,β-unsaturated/α-hetero) is 1. The number of rotatable bonds is 5. The summed E-state index contributed by atoms with van der Waals surface area (Å²) in [5, 5.41) is 6.73. The number of nitrogens with zero attached hydrogens (tertiary/aromatic N) is 2. The van der Waals surface area contributed by atoms with E-state index in [1.165, 1.54) is 6.07 Å². The Morgan fingerprint density at radius 3 is 2.71 bits per heavy atom. The van der Waals surface area contributed by atoms with E-state index < -0.39 is 12.2 Å². The van der Waals surface area contributed by atoms with Gasteiger partial charge in [-0.3, -0.25) is 14.4 Å². The van der Waals surface area contributed by atoms with Crippen molar-refractivity contribution >= 4 is 46.4 Å². The van der Waals surface area contributed by atoms with Gasteiger partial charge in [0.05, 0.1) is 36.9 Å². The van der Waals surface area contributed by atoms with Gasteiger partial charge in [-0.1, -0.05) is 23.2 Å². The van der Waals surface area contributed by atoms with Gasteiger partial charge in [0.15, 0.2) is 11.9 Å². The predicted octanol–water partition coefficient (Wildman–Crippen LogP) is 2.96. The van der Waals surface area contributed by atoms with Crippen LogP contribution in [0.5, 0.6) is 5.75 Å². The number of benzene rings is 1. The molecule has 2 aliphatic rings. The van der Waals surface area contributed by atoms with Gasteiger partial charge in [0, 0.05) is 22.4 Å². The van der Waals surface area contributed by atoms with Gasteiger partial charge in [0.1, 0.15) is 17.5 Å². The van der Waals surface area contributed by atoms with Crippen LogP contribution in [0.2, 0.25) is 10.0 Å². The van der Waals surface area contributed by atoms with Crippen molar-refractivity contribution in [3.63, 3.8) is 0 Å². The third kappa shape index (κ3) is 5.27. The molecule has 5 rings (SSSR count). The molecule has 2 aromatic heterocycles. The van der Waals surface area contributed by atoms with Crippen molar-refractivity contribution in [2.75, 3.05) is 6.61 Å². The molecule has 0 spiro atoms. The van der Waals surface area contributed by atoms with E-state index in [0.29, 0.717) is 45.5 Å². The first kappa shape index (κ1) is 23.6. The molecule has 2 amide bonds. The summed E-state index contributed by atoms with van der Waals surface area (Å²) in [4.78, 5) is 42.1. The molecule has 35 heavy (non-hydrogen) atoms. The Balaban J connectivity index is 1.09. The lowest BCUT2D eigenvalue weighted by Gasteiger charge is -2.31. The van der Waals surface area contributed by atoms with Gasteiger partial charge in [-0.15, -0.1) is 0 Å². The number of hydrogen-bond acceptors (Lipinski definition) is 6. The minimum absolute atomic E-state index is 0.0625. The molecule has 0 aliphatic carbocycles. The van der Waals surface area contributed by atoms with Crippen LogP contribution in [-0.4, -0.2) is 51.8 Å². The van der Waals surface area contributed by atoms with E-state index in [2.05, 4.69) is 15.6 Å². The van der Waals surface area contributed by atoms with Gasteiger partial charge >= 0.3 is 0 Å². The fourth-order valence-corrected chi connectivity index (χ4v) is 4.52. The summed E-state index contributed by atoms with van der Waals surface area (Å²) in [6.45, 7) is 0.446. The molecule has 9 nitrogen and oxygen atoms in total. The van der Waals surface area contributed by atoms with Gasteiger partial charge in [0.2, 0.25) is 5.91 Å². The molecule has 182 valence electrons. The maximum Gasteiger partial charge on any atom is 0.261 e. The number of carbonyl (C=O) groups excluding carboxylic acids is 3. The Bertz CT molecular complexity index is 1300. The summed E-state index contributed by atoms with van der Waals surface area (Å²) in [5.41, 5.74) is 1.78. The third-order valence-electron chi connectivity index (χ3n) is 6.01. The maximum absolute atomic E-state index is 12.7. The fraction of sp³-hybridized carbons (Fsp3) is 0.333. The van der Waals surface area contributed by atoms with E-state index >= 15 is 0 Å². The lowest BCUT2D eigenvalue weighted by molar-refractivity contribution is -0.138. The molecule has 3 aromatic rings. The fourth-order valence-electron chi connectivity index (χ4n) is 4.19. The lowest BCUT2D eigenvalue weighted by Crippen LogP contribution is -2.51. The number of aromatic nitrogens is 2. The first-order valence-corrected chi connectivity index (χ1v) is 11.9. The molecule has 2 aliphatic heterocycles. The van der Waals surface area contributed by atoms with Crippen LogP contribution in [0.4, 0.5) is 0 Å². The van der Waals surface area contributed by atoms with Gasteiger partial charge in [-0.05, 0) is 43.2 Å². The van der Waals surface area contributed by atoms with Gasteiger partial charge in [0.25, 0.3) is 5.91 Å². The molecule has 4 heterocycles. The van der Waals surface area contributed by atoms with E-state index in [-0.39, 0.29) is 43.2 Å². The number of ketones is 1. The Morgan fingerprint density at radius 1 is 1.09 bits per heavy atom. The second kappa shape index (κ2) is 9.85. The highest BCUT2D eigenvalue weighted by Crippen LogP contribution is 2.30. The van der Waals surface area contributed by atoms with Crippen LogP contribution in [0.15, 0.2) is 42.7 Å². The predicted molar refractivity (Wildman–Crippen MR) is 128 cm³/mol. The van der Waals surface area contributed by atoms with Crippen molar-refractivity contribution in [3.05, 3.63) is 64.0 Å². The Kier molecular flexibility index (Phi) is 6.64. The Labute approximate surface area is 210 Å². The molecule has 11 heteroatoms. The second-order valence-electron chi connectivity index (χ2n) is 8.54. The molecule has 1 fully saturated rings. The smallest absolute Gasteiger partial charge is 0.261 e. The van der Waals surface area contributed by atoms with Gasteiger partial charge in [-0.25, -0.2) is 4.98 Å². The molecule has 2 N–H and O–H groups in total. The molecule has 1 unspecified atom stereocenters. The van der Waals surface area contributed by atoms with Gasteiger partial charge in [-0.2, -0.15) is 0 Å². The molecular formula is C24H22Cl2N4O5. The number of pyridine rings is 1. The van der Waals surface area contributed by atoms with Crippen molar-refractivity contribution in [1.82, 2.24) is 20.0 Å². The molecular weight excluding hydrogens is 495 g/mol. The Hall–Kier alpha value is -3.14. The number of amides is 2. The Morgan fingerprint density at radius 2 is 1.91 bits per heavy atom. The number of nitrogens with one attached hydrogen (secondary N) is 2. The first-order valence-electron chi connectivity index (χ1n) is 11.2. The van der Waals surface area contributed by atoms with Crippen molar-refractivity contribution in [1.29, 1.82) is 0 Å². The number of halogens is 2. The number of imidazole rings is 1. The third-order valence-corrected chi connectivity index (χ3v) is 6.48. The zero-order chi connectivity index (χ0) is 24.5. The second-order valence-corrected chi connectivity index (χ2v) is 9.41. The minimum Gasteiger partial charge on any atom is -0.479 e. The summed E-state index contributed by atoms with van der Waals surface area (Å²) < 4.78 is 13.2. The normalized spacial score (nSPS) is 21.8. The molecule has 1 saturated heterocycles. The molecule has 0 radical (unpaired) electrons. The lowest BCUT2D eigenvalue weighted by atomic mass is 9.99.